The second-order valence-corrected chi connectivity index (χ2v) is 6.48. The number of amides is 1. The van der Waals surface area contributed by atoms with Crippen molar-refractivity contribution in [1.29, 1.82) is 0 Å². The van der Waals surface area contributed by atoms with Crippen LogP contribution in [0.5, 0.6) is 5.75 Å². The van der Waals surface area contributed by atoms with Gasteiger partial charge in [0.05, 0.1) is 12.6 Å². The van der Waals surface area contributed by atoms with E-state index in [0.717, 1.165) is 40.4 Å². The minimum absolute atomic E-state index is 0.280. The van der Waals surface area contributed by atoms with Crippen LogP contribution in [-0.2, 0) is 11.2 Å². The summed E-state index contributed by atoms with van der Waals surface area (Å²) in [6.45, 7) is 0. The molecule has 0 fully saturated rings. The van der Waals surface area contributed by atoms with Crippen molar-refractivity contribution < 1.29 is 14.7 Å². The van der Waals surface area contributed by atoms with Gasteiger partial charge in [0, 0.05) is 31.0 Å². The molecule has 0 saturated carbocycles. The Balaban J connectivity index is 1.86. The van der Waals surface area contributed by atoms with Gasteiger partial charge in [0.15, 0.2) is 0 Å². The van der Waals surface area contributed by atoms with Crippen LogP contribution in [0.4, 0.5) is 11.5 Å². The largest absolute Gasteiger partial charge is 0.497 e. The minimum Gasteiger partial charge on any atom is -0.497 e. The lowest BCUT2D eigenvalue weighted by Crippen LogP contribution is -2.18. The number of methoxy groups -OCH3 is 1. The number of aryl methyl sites for hydroxylation is 1. The molecule has 2 N–H and O–H groups in total. The molecule has 28 heavy (non-hydrogen) atoms. The highest BCUT2D eigenvalue weighted by atomic mass is 16.5. The molecule has 3 aromatic rings. The highest BCUT2D eigenvalue weighted by Gasteiger charge is 2.13. The number of benzene rings is 2. The van der Waals surface area contributed by atoms with Gasteiger partial charge in [0.25, 0.3) is 0 Å². The number of hydrogen-bond donors (Lipinski definition) is 2. The van der Waals surface area contributed by atoms with Gasteiger partial charge in [-0.15, -0.1) is 0 Å². The SMILES string of the molecule is COc1ccc(N(C)c2nc(CCCCC(=O)NO)nc3ccccc23)cc1. The molecule has 0 aliphatic carbocycles. The molecule has 1 heterocycles. The van der Waals surface area contributed by atoms with E-state index in [9.17, 15) is 4.79 Å². The third-order valence-electron chi connectivity index (χ3n) is 4.59. The highest BCUT2D eigenvalue weighted by molar-refractivity contribution is 5.91. The van der Waals surface area contributed by atoms with Crippen molar-refractivity contribution in [2.45, 2.75) is 25.7 Å². The summed E-state index contributed by atoms with van der Waals surface area (Å²) in [6.07, 6.45) is 2.36. The number of carbonyl (C=O) groups is 1. The second-order valence-electron chi connectivity index (χ2n) is 6.48. The zero-order valence-electron chi connectivity index (χ0n) is 16.1. The fraction of sp³-hybridized carbons (Fsp3) is 0.286. The topological polar surface area (TPSA) is 87.6 Å². The molecule has 3 rings (SSSR count). The summed E-state index contributed by atoms with van der Waals surface area (Å²) in [5.41, 5.74) is 3.53. The summed E-state index contributed by atoms with van der Waals surface area (Å²) in [4.78, 5) is 22.6. The normalized spacial score (nSPS) is 10.7. The van der Waals surface area contributed by atoms with Crippen molar-refractivity contribution in [3.8, 4) is 5.75 Å². The number of ether oxygens (including phenoxy) is 1. The quantitative estimate of drug-likeness (QED) is 0.353. The number of carbonyl (C=O) groups excluding carboxylic acids is 1. The van der Waals surface area contributed by atoms with E-state index in [2.05, 4.69) is 4.98 Å². The van der Waals surface area contributed by atoms with E-state index in [1.54, 1.807) is 12.6 Å². The van der Waals surface area contributed by atoms with E-state index in [4.69, 9.17) is 14.9 Å². The molecule has 1 aromatic heterocycles. The molecule has 0 radical (unpaired) electrons. The third-order valence-corrected chi connectivity index (χ3v) is 4.59. The molecular formula is C21H24N4O3. The Morgan fingerprint density at radius 2 is 1.86 bits per heavy atom. The van der Waals surface area contributed by atoms with Crippen LogP contribution in [0.1, 0.15) is 25.1 Å². The number of hydroxylamine groups is 1. The van der Waals surface area contributed by atoms with Crippen molar-refractivity contribution in [1.82, 2.24) is 15.4 Å². The molecular weight excluding hydrogens is 356 g/mol. The zero-order chi connectivity index (χ0) is 19.9. The summed E-state index contributed by atoms with van der Waals surface area (Å²) in [5.74, 6) is 1.99. The van der Waals surface area contributed by atoms with Crippen LogP contribution in [0, 0.1) is 0 Å². The Labute approximate surface area is 163 Å². The molecule has 1 amide bonds. The van der Waals surface area contributed by atoms with Gasteiger partial charge in [-0.1, -0.05) is 12.1 Å². The third kappa shape index (κ3) is 4.55. The number of rotatable bonds is 8. The number of para-hydroxylation sites is 1. The van der Waals surface area contributed by atoms with Crippen LogP contribution in [0.2, 0.25) is 0 Å². The summed E-state index contributed by atoms with van der Waals surface area (Å²) < 4.78 is 5.24. The first-order valence-corrected chi connectivity index (χ1v) is 9.18. The first-order valence-electron chi connectivity index (χ1n) is 9.18. The van der Waals surface area contributed by atoms with Gasteiger partial charge in [-0.3, -0.25) is 10.0 Å². The smallest absolute Gasteiger partial charge is 0.243 e. The zero-order valence-corrected chi connectivity index (χ0v) is 16.1. The number of fused-ring (bicyclic) bond motifs is 1. The second kappa shape index (κ2) is 9.14. The Morgan fingerprint density at radius 3 is 2.57 bits per heavy atom. The summed E-state index contributed by atoms with van der Waals surface area (Å²) in [5, 5.41) is 9.55. The number of aromatic nitrogens is 2. The fourth-order valence-corrected chi connectivity index (χ4v) is 3.03. The van der Waals surface area contributed by atoms with Gasteiger partial charge in [-0.25, -0.2) is 15.4 Å². The Bertz CT molecular complexity index is 944. The van der Waals surface area contributed by atoms with E-state index >= 15 is 0 Å². The van der Waals surface area contributed by atoms with Crippen LogP contribution < -0.4 is 15.1 Å². The molecule has 7 nitrogen and oxygen atoms in total. The van der Waals surface area contributed by atoms with E-state index in [0.29, 0.717) is 12.8 Å². The Morgan fingerprint density at radius 1 is 1.11 bits per heavy atom. The lowest BCUT2D eigenvalue weighted by Gasteiger charge is -2.21. The van der Waals surface area contributed by atoms with Crippen molar-refractivity contribution in [3.05, 3.63) is 54.4 Å². The molecule has 7 heteroatoms. The molecule has 0 spiro atoms. The molecule has 146 valence electrons. The molecule has 0 bridgehead atoms. The number of nitrogens with one attached hydrogen (secondary N) is 1. The minimum atomic E-state index is -0.376. The fourth-order valence-electron chi connectivity index (χ4n) is 3.03. The van der Waals surface area contributed by atoms with Gasteiger partial charge < -0.3 is 9.64 Å². The van der Waals surface area contributed by atoms with Crippen molar-refractivity contribution >= 4 is 28.3 Å². The molecule has 0 saturated heterocycles. The van der Waals surface area contributed by atoms with Crippen LogP contribution in [0.25, 0.3) is 10.9 Å². The number of nitrogens with zero attached hydrogens (tertiary/aromatic N) is 3. The molecule has 0 aliphatic heterocycles. The predicted octanol–water partition coefficient (Wildman–Crippen LogP) is 3.62. The first-order chi connectivity index (χ1) is 13.6. The Hall–Kier alpha value is -3.19. The van der Waals surface area contributed by atoms with Crippen LogP contribution >= 0.6 is 0 Å². The van der Waals surface area contributed by atoms with Gasteiger partial charge in [-0.05, 0) is 49.2 Å². The first kappa shape index (κ1) is 19.6. The van der Waals surface area contributed by atoms with E-state index < -0.39 is 0 Å². The van der Waals surface area contributed by atoms with E-state index in [-0.39, 0.29) is 12.3 Å². The molecule has 2 aromatic carbocycles. The predicted molar refractivity (Wildman–Crippen MR) is 108 cm³/mol. The van der Waals surface area contributed by atoms with Gasteiger partial charge in [-0.2, -0.15) is 0 Å². The number of unbranched alkanes of at least 4 members (excludes halogenated alkanes) is 1. The highest BCUT2D eigenvalue weighted by Crippen LogP contribution is 2.30. The van der Waals surface area contributed by atoms with Gasteiger partial charge in [0.1, 0.15) is 17.4 Å². The lowest BCUT2D eigenvalue weighted by atomic mass is 10.1. The summed E-state index contributed by atoms with van der Waals surface area (Å²) >= 11 is 0. The van der Waals surface area contributed by atoms with Gasteiger partial charge >= 0.3 is 0 Å². The van der Waals surface area contributed by atoms with E-state index in [1.807, 2.05) is 60.5 Å². The summed E-state index contributed by atoms with van der Waals surface area (Å²) in [6, 6.07) is 15.7. The number of hydrogen-bond acceptors (Lipinski definition) is 6. The average Bonchev–Trinajstić information content (AvgIpc) is 2.75. The summed E-state index contributed by atoms with van der Waals surface area (Å²) in [7, 11) is 3.62. The van der Waals surface area contributed by atoms with Crippen molar-refractivity contribution in [3.63, 3.8) is 0 Å². The molecule has 0 unspecified atom stereocenters. The van der Waals surface area contributed by atoms with Crippen LogP contribution in [0.15, 0.2) is 48.5 Å². The lowest BCUT2D eigenvalue weighted by molar-refractivity contribution is -0.129. The van der Waals surface area contributed by atoms with Gasteiger partial charge in [0.2, 0.25) is 5.91 Å². The molecule has 0 atom stereocenters. The average molecular weight is 380 g/mol. The molecule has 0 aliphatic rings. The standard InChI is InChI=1S/C21H24N4O3/c1-25(15-11-13-16(28-2)14-12-15)21-17-7-3-4-8-18(17)22-19(23-21)9-5-6-10-20(26)24-27/h3-4,7-8,11-14,27H,5-6,9-10H2,1-2H3,(H,24,26). The van der Waals surface area contributed by atoms with Crippen LogP contribution in [-0.4, -0.2) is 35.2 Å². The van der Waals surface area contributed by atoms with Crippen molar-refractivity contribution in [2.24, 2.45) is 0 Å². The monoisotopic (exact) mass is 380 g/mol. The van der Waals surface area contributed by atoms with E-state index in [1.165, 1.54) is 0 Å². The van der Waals surface area contributed by atoms with Crippen LogP contribution in [0.3, 0.4) is 0 Å². The number of anilines is 2. The maximum Gasteiger partial charge on any atom is 0.243 e. The maximum atomic E-state index is 11.1. The maximum absolute atomic E-state index is 11.1. The Kier molecular flexibility index (Phi) is 6.39. The van der Waals surface area contributed by atoms with Crippen molar-refractivity contribution in [2.75, 3.05) is 19.1 Å².